The van der Waals surface area contributed by atoms with E-state index in [-0.39, 0.29) is 12.0 Å². The van der Waals surface area contributed by atoms with Gasteiger partial charge in [0.2, 0.25) is 11.9 Å². The zero-order valence-electron chi connectivity index (χ0n) is 11.9. The summed E-state index contributed by atoms with van der Waals surface area (Å²) in [5.74, 6) is 6.87. The van der Waals surface area contributed by atoms with Crippen molar-refractivity contribution in [2.75, 3.05) is 23.4 Å². The van der Waals surface area contributed by atoms with E-state index < -0.39 is 0 Å². The highest BCUT2D eigenvalue weighted by atomic mass is 127. The van der Waals surface area contributed by atoms with Crippen molar-refractivity contribution in [2.24, 2.45) is 5.84 Å². The van der Waals surface area contributed by atoms with Crippen LogP contribution in [0.2, 0.25) is 0 Å². The highest BCUT2D eigenvalue weighted by Crippen LogP contribution is 2.21. The fourth-order valence-electron chi connectivity index (χ4n) is 1.71. The lowest BCUT2D eigenvalue weighted by atomic mass is 10.3. The Hall–Kier alpha value is -1.68. The Morgan fingerprint density at radius 1 is 1.14 bits per heavy atom. The first-order valence-electron chi connectivity index (χ1n) is 6.57. The Labute approximate surface area is 137 Å². The van der Waals surface area contributed by atoms with Crippen molar-refractivity contribution >= 4 is 34.5 Å². The van der Waals surface area contributed by atoms with E-state index in [0.717, 1.165) is 16.7 Å². The molecule has 0 fully saturated rings. The molecule has 2 aromatic rings. The van der Waals surface area contributed by atoms with Crippen molar-refractivity contribution in [1.82, 2.24) is 15.0 Å². The summed E-state index contributed by atoms with van der Waals surface area (Å²) in [6.07, 6.45) is 0. The number of hydrazine groups is 1. The number of hydrogen-bond donors (Lipinski definition) is 2. The monoisotopic (exact) mass is 400 g/mol. The van der Waals surface area contributed by atoms with E-state index in [9.17, 15) is 0 Å². The molecule has 112 valence electrons. The molecule has 0 saturated carbocycles. The van der Waals surface area contributed by atoms with Gasteiger partial charge in [0.1, 0.15) is 5.75 Å². The Kier molecular flexibility index (Phi) is 5.51. The van der Waals surface area contributed by atoms with Gasteiger partial charge in [-0.05, 0) is 60.7 Å². The van der Waals surface area contributed by atoms with Gasteiger partial charge in [-0.15, -0.1) is 0 Å². The van der Waals surface area contributed by atoms with E-state index in [4.69, 9.17) is 10.6 Å². The molecule has 0 bridgehead atoms. The lowest BCUT2D eigenvalue weighted by Gasteiger charge is -2.19. The van der Waals surface area contributed by atoms with E-state index in [0.29, 0.717) is 11.7 Å². The number of nitrogens with two attached hydrogens (primary N) is 1. The Morgan fingerprint density at radius 2 is 1.81 bits per heavy atom. The number of nitrogens with one attached hydrogen (secondary N) is 1. The van der Waals surface area contributed by atoms with Gasteiger partial charge in [0, 0.05) is 16.7 Å². The maximum atomic E-state index is 5.67. The van der Waals surface area contributed by atoms with E-state index in [1.165, 1.54) is 0 Å². The molecule has 8 heteroatoms. The zero-order valence-corrected chi connectivity index (χ0v) is 14.0. The van der Waals surface area contributed by atoms with E-state index in [1.54, 1.807) is 0 Å². The second kappa shape index (κ2) is 7.36. The third kappa shape index (κ3) is 4.14. The van der Waals surface area contributed by atoms with Crippen LogP contribution in [0.15, 0.2) is 24.3 Å². The van der Waals surface area contributed by atoms with Gasteiger partial charge in [-0.1, -0.05) is 0 Å². The first-order chi connectivity index (χ1) is 10.2. The second-order valence-electron chi connectivity index (χ2n) is 4.11. The van der Waals surface area contributed by atoms with Crippen molar-refractivity contribution in [3.05, 3.63) is 27.8 Å². The number of anilines is 2. The molecular formula is C13H17IN6O. The van der Waals surface area contributed by atoms with Crippen LogP contribution in [-0.4, -0.2) is 28.0 Å². The summed E-state index contributed by atoms with van der Waals surface area (Å²) in [5, 5.41) is 0. The third-order valence-electron chi connectivity index (χ3n) is 2.80. The average Bonchev–Trinajstić information content (AvgIpc) is 2.50. The van der Waals surface area contributed by atoms with Crippen LogP contribution in [0.4, 0.5) is 11.9 Å². The Morgan fingerprint density at radius 3 is 2.38 bits per heavy atom. The van der Waals surface area contributed by atoms with Gasteiger partial charge < -0.3 is 9.64 Å². The minimum Gasteiger partial charge on any atom is -0.424 e. The van der Waals surface area contributed by atoms with Crippen molar-refractivity contribution in [2.45, 2.75) is 13.8 Å². The summed E-state index contributed by atoms with van der Waals surface area (Å²) < 4.78 is 6.80. The average molecular weight is 400 g/mol. The minimum atomic E-state index is 0.209. The number of benzene rings is 1. The summed E-state index contributed by atoms with van der Waals surface area (Å²) in [6.45, 7) is 5.63. The second-order valence-corrected chi connectivity index (χ2v) is 5.36. The molecule has 0 spiro atoms. The summed E-state index contributed by atoms with van der Waals surface area (Å²) in [4.78, 5) is 14.7. The topological polar surface area (TPSA) is 89.2 Å². The molecule has 21 heavy (non-hydrogen) atoms. The molecule has 7 nitrogen and oxygen atoms in total. The SMILES string of the molecule is CCN(CC)c1nc(NN)nc(Oc2ccc(I)cc2)n1. The zero-order chi connectivity index (χ0) is 15.2. The number of nitrogen functional groups attached to an aromatic ring is 1. The van der Waals surface area contributed by atoms with Crippen LogP contribution in [0.25, 0.3) is 0 Å². The van der Waals surface area contributed by atoms with Crippen LogP contribution in [0, 0.1) is 3.57 Å². The third-order valence-corrected chi connectivity index (χ3v) is 3.52. The van der Waals surface area contributed by atoms with Gasteiger partial charge in [0.25, 0.3) is 0 Å². The van der Waals surface area contributed by atoms with Crippen molar-refractivity contribution in [3.8, 4) is 11.8 Å². The quantitative estimate of drug-likeness (QED) is 0.437. The summed E-state index contributed by atoms with van der Waals surface area (Å²) in [6, 6.07) is 7.83. The molecule has 1 heterocycles. The van der Waals surface area contributed by atoms with Crippen molar-refractivity contribution in [3.63, 3.8) is 0 Å². The summed E-state index contributed by atoms with van der Waals surface area (Å²) in [5.41, 5.74) is 2.44. The molecule has 2 rings (SSSR count). The standard InChI is InChI=1S/C13H17IN6O/c1-3-20(4-2)12-16-11(19-15)17-13(18-12)21-10-7-5-9(14)6-8-10/h5-8H,3-4,15H2,1-2H3,(H,16,17,18,19). The number of halogens is 1. The van der Waals surface area contributed by atoms with Gasteiger partial charge in [-0.2, -0.15) is 15.0 Å². The Balaban J connectivity index is 2.29. The van der Waals surface area contributed by atoms with Gasteiger partial charge in [-0.25, -0.2) is 5.84 Å². The first kappa shape index (κ1) is 15.7. The molecule has 0 aliphatic rings. The maximum absolute atomic E-state index is 5.67. The number of nitrogens with zero attached hydrogens (tertiary/aromatic N) is 4. The fraction of sp³-hybridized carbons (Fsp3) is 0.308. The molecule has 1 aromatic carbocycles. The molecule has 0 saturated heterocycles. The van der Waals surface area contributed by atoms with Crippen LogP contribution in [0.1, 0.15) is 13.8 Å². The van der Waals surface area contributed by atoms with Gasteiger partial charge in [0.05, 0.1) is 0 Å². The predicted octanol–water partition coefficient (Wildman–Crippen LogP) is 2.40. The van der Waals surface area contributed by atoms with Gasteiger partial charge >= 0.3 is 6.01 Å². The minimum absolute atomic E-state index is 0.209. The molecular weight excluding hydrogens is 383 g/mol. The van der Waals surface area contributed by atoms with Crippen LogP contribution < -0.4 is 20.9 Å². The Bertz CT molecular complexity index is 588. The molecule has 0 aliphatic heterocycles. The number of rotatable bonds is 6. The largest absolute Gasteiger partial charge is 0.424 e. The molecule has 0 amide bonds. The first-order valence-corrected chi connectivity index (χ1v) is 7.65. The van der Waals surface area contributed by atoms with Crippen LogP contribution >= 0.6 is 22.6 Å². The lowest BCUT2D eigenvalue weighted by molar-refractivity contribution is 0.440. The van der Waals surface area contributed by atoms with Crippen LogP contribution in [0.5, 0.6) is 11.8 Å². The smallest absolute Gasteiger partial charge is 0.328 e. The molecule has 1 aromatic heterocycles. The number of hydrogen-bond acceptors (Lipinski definition) is 7. The number of ether oxygens (including phenoxy) is 1. The summed E-state index contributed by atoms with van der Waals surface area (Å²) >= 11 is 2.23. The highest BCUT2D eigenvalue weighted by molar-refractivity contribution is 14.1. The molecule has 0 aliphatic carbocycles. The van der Waals surface area contributed by atoms with Crippen LogP contribution in [-0.2, 0) is 0 Å². The predicted molar refractivity (Wildman–Crippen MR) is 90.4 cm³/mol. The highest BCUT2D eigenvalue weighted by Gasteiger charge is 2.12. The molecule has 0 radical (unpaired) electrons. The molecule has 0 atom stereocenters. The van der Waals surface area contributed by atoms with Crippen LogP contribution in [0.3, 0.4) is 0 Å². The normalized spacial score (nSPS) is 10.3. The molecule has 3 N–H and O–H groups in total. The van der Waals surface area contributed by atoms with E-state index in [1.807, 2.05) is 43.0 Å². The maximum Gasteiger partial charge on any atom is 0.328 e. The molecule has 0 unspecified atom stereocenters. The number of aromatic nitrogens is 3. The van der Waals surface area contributed by atoms with E-state index >= 15 is 0 Å². The summed E-state index contributed by atoms with van der Waals surface area (Å²) in [7, 11) is 0. The van der Waals surface area contributed by atoms with E-state index in [2.05, 4.69) is 43.0 Å². The van der Waals surface area contributed by atoms with Crippen molar-refractivity contribution in [1.29, 1.82) is 0 Å². The lowest BCUT2D eigenvalue weighted by Crippen LogP contribution is -2.25. The van der Waals surface area contributed by atoms with Gasteiger partial charge in [-0.3, -0.25) is 5.43 Å². The fourth-order valence-corrected chi connectivity index (χ4v) is 2.07. The van der Waals surface area contributed by atoms with Crippen molar-refractivity contribution < 1.29 is 4.74 Å². The van der Waals surface area contributed by atoms with Gasteiger partial charge in [0.15, 0.2) is 0 Å².